The third-order valence-corrected chi connectivity index (χ3v) is 6.01. The van der Waals surface area contributed by atoms with Crippen molar-refractivity contribution in [1.82, 2.24) is 5.43 Å². The van der Waals surface area contributed by atoms with E-state index >= 15 is 0 Å². The molecule has 1 saturated carbocycles. The van der Waals surface area contributed by atoms with Gasteiger partial charge in [-0.3, -0.25) is 11.3 Å². The molecule has 0 bridgehead atoms. The van der Waals surface area contributed by atoms with Gasteiger partial charge in [0.2, 0.25) is 0 Å². The number of nitrogens with two attached hydrogens (primary N) is 1. The summed E-state index contributed by atoms with van der Waals surface area (Å²) in [6.45, 7) is 2.39. The van der Waals surface area contributed by atoms with Crippen LogP contribution in [0.15, 0.2) is 0 Å². The largest absolute Gasteiger partial charge is 0.381 e. The van der Waals surface area contributed by atoms with Crippen LogP contribution in [-0.2, 0) is 14.2 Å². The molecule has 3 fully saturated rings. The summed E-state index contributed by atoms with van der Waals surface area (Å²) in [5, 5.41) is 0. The van der Waals surface area contributed by atoms with Gasteiger partial charge >= 0.3 is 0 Å². The molecule has 3 rings (SSSR count). The molecule has 0 aromatic heterocycles. The second kappa shape index (κ2) is 6.50. The highest BCUT2D eigenvalue weighted by molar-refractivity contribution is 5.02. The molecule has 122 valence electrons. The van der Waals surface area contributed by atoms with Crippen molar-refractivity contribution in [3.8, 4) is 0 Å². The van der Waals surface area contributed by atoms with Gasteiger partial charge in [0.1, 0.15) is 0 Å². The second-order valence-corrected chi connectivity index (χ2v) is 7.02. The lowest BCUT2D eigenvalue weighted by Crippen LogP contribution is -2.62. The highest BCUT2D eigenvalue weighted by atomic mass is 16.5. The Morgan fingerprint density at radius 1 is 1.14 bits per heavy atom. The molecule has 3 N–H and O–H groups in total. The molecule has 2 unspecified atom stereocenters. The van der Waals surface area contributed by atoms with Crippen LogP contribution in [0.1, 0.15) is 51.4 Å². The fourth-order valence-corrected chi connectivity index (χ4v) is 4.79. The SMILES string of the molecule is COC1(C(NN)C2CCOC3(CCCC3)C2)CCOCC1. The Morgan fingerprint density at radius 3 is 2.48 bits per heavy atom. The first-order chi connectivity index (χ1) is 10.2. The van der Waals surface area contributed by atoms with Crippen LogP contribution < -0.4 is 11.3 Å². The maximum atomic E-state index is 6.17. The Labute approximate surface area is 127 Å². The molecular weight excluding hydrogens is 268 g/mol. The molecule has 2 saturated heterocycles. The summed E-state index contributed by atoms with van der Waals surface area (Å²) in [4.78, 5) is 0. The molecule has 0 radical (unpaired) electrons. The smallest absolute Gasteiger partial charge is 0.0890 e. The molecule has 3 aliphatic rings. The Balaban J connectivity index is 1.75. The van der Waals surface area contributed by atoms with Gasteiger partial charge in [0.25, 0.3) is 0 Å². The summed E-state index contributed by atoms with van der Waals surface area (Å²) in [6, 6.07) is 0.188. The first kappa shape index (κ1) is 15.7. The zero-order valence-electron chi connectivity index (χ0n) is 13.2. The summed E-state index contributed by atoms with van der Waals surface area (Å²) in [6.07, 6.45) is 9.06. The van der Waals surface area contributed by atoms with E-state index in [0.29, 0.717) is 5.92 Å². The maximum absolute atomic E-state index is 6.17. The van der Waals surface area contributed by atoms with E-state index in [1.54, 1.807) is 0 Å². The average molecular weight is 298 g/mol. The van der Waals surface area contributed by atoms with Crippen LogP contribution in [0.5, 0.6) is 0 Å². The van der Waals surface area contributed by atoms with Crippen molar-refractivity contribution in [3.05, 3.63) is 0 Å². The van der Waals surface area contributed by atoms with Crippen molar-refractivity contribution in [1.29, 1.82) is 0 Å². The van der Waals surface area contributed by atoms with E-state index in [0.717, 1.165) is 45.5 Å². The van der Waals surface area contributed by atoms with Crippen LogP contribution in [0, 0.1) is 5.92 Å². The molecule has 21 heavy (non-hydrogen) atoms. The molecule has 2 heterocycles. The van der Waals surface area contributed by atoms with Gasteiger partial charge in [-0.15, -0.1) is 0 Å². The van der Waals surface area contributed by atoms with Gasteiger partial charge in [-0.25, -0.2) is 0 Å². The van der Waals surface area contributed by atoms with Gasteiger partial charge in [0.15, 0.2) is 0 Å². The summed E-state index contributed by atoms with van der Waals surface area (Å²) in [5.74, 6) is 6.50. The average Bonchev–Trinajstić information content (AvgIpc) is 2.97. The molecule has 5 nitrogen and oxygen atoms in total. The fraction of sp³-hybridized carbons (Fsp3) is 1.00. The van der Waals surface area contributed by atoms with E-state index in [2.05, 4.69) is 5.43 Å². The number of hydrogen-bond donors (Lipinski definition) is 2. The first-order valence-corrected chi connectivity index (χ1v) is 8.47. The lowest BCUT2D eigenvalue weighted by molar-refractivity contribution is -0.149. The van der Waals surface area contributed by atoms with Gasteiger partial charge in [-0.2, -0.15) is 0 Å². The van der Waals surface area contributed by atoms with Gasteiger partial charge in [0.05, 0.1) is 17.2 Å². The van der Waals surface area contributed by atoms with Crippen LogP contribution in [0.25, 0.3) is 0 Å². The molecular formula is C16H30N2O3. The summed E-state index contributed by atoms with van der Waals surface area (Å²) < 4.78 is 17.7. The van der Waals surface area contributed by atoms with Crippen molar-refractivity contribution >= 4 is 0 Å². The number of ether oxygens (including phenoxy) is 3. The lowest BCUT2D eigenvalue weighted by Gasteiger charge is -2.49. The lowest BCUT2D eigenvalue weighted by atomic mass is 9.72. The molecule has 1 spiro atoms. The van der Waals surface area contributed by atoms with Crippen LogP contribution >= 0.6 is 0 Å². The van der Waals surface area contributed by atoms with Crippen molar-refractivity contribution in [2.24, 2.45) is 11.8 Å². The van der Waals surface area contributed by atoms with E-state index in [1.165, 1.54) is 25.7 Å². The molecule has 2 atom stereocenters. The molecule has 0 amide bonds. The Morgan fingerprint density at radius 2 is 1.86 bits per heavy atom. The third-order valence-electron chi connectivity index (χ3n) is 6.01. The zero-order valence-corrected chi connectivity index (χ0v) is 13.2. The Bertz CT molecular complexity index is 338. The van der Waals surface area contributed by atoms with Crippen LogP contribution in [-0.4, -0.2) is 44.2 Å². The Hall–Kier alpha value is -0.200. The predicted molar refractivity (Wildman–Crippen MR) is 80.8 cm³/mol. The molecule has 1 aliphatic carbocycles. The molecule has 5 heteroatoms. The summed E-state index contributed by atoms with van der Waals surface area (Å²) in [7, 11) is 1.82. The topological polar surface area (TPSA) is 65.7 Å². The third kappa shape index (κ3) is 2.99. The monoisotopic (exact) mass is 298 g/mol. The second-order valence-electron chi connectivity index (χ2n) is 7.02. The van der Waals surface area contributed by atoms with Gasteiger partial charge in [-0.05, 0) is 31.6 Å². The van der Waals surface area contributed by atoms with Crippen molar-refractivity contribution in [2.45, 2.75) is 68.6 Å². The highest BCUT2D eigenvalue weighted by Gasteiger charge is 2.49. The molecule has 0 aromatic rings. The van der Waals surface area contributed by atoms with Crippen molar-refractivity contribution in [2.75, 3.05) is 26.9 Å². The van der Waals surface area contributed by atoms with Crippen molar-refractivity contribution < 1.29 is 14.2 Å². The maximum Gasteiger partial charge on any atom is 0.0890 e. The number of nitrogens with one attached hydrogen (secondary N) is 1. The van der Waals surface area contributed by atoms with E-state index in [-0.39, 0.29) is 17.2 Å². The normalized spacial score (nSPS) is 33.1. The minimum absolute atomic E-state index is 0.123. The quantitative estimate of drug-likeness (QED) is 0.611. The van der Waals surface area contributed by atoms with Crippen LogP contribution in [0.3, 0.4) is 0 Å². The minimum Gasteiger partial charge on any atom is -0.381 e. The number of hydrazine groups is 1. The van der Waals surface area contributed by atoms with Crippen LogP contribution in [0.2, 0.25) is 0 Å². The van der Waals surface area contributed by atoms with E-state index in [1.807, 2.05) is 7.11 Å². The fourth-order valence-electron chi connectivity index (χ4n) is 4.79. The minimum atomic E-state index is -0.186. The Kier molecular flexibility index (Phi) is 4.86. The molecule has 2 aliphatic heterocycles. The zero-order chi connectivity index (χ0) is 14.8. The van der Waals surface area contributed by atoms with E-state index < -0.39 is 0 Å². The van der Waals surface area contributed by atoms with E-state index in [9.17, 15) is 0 Å². The van der Waals surface area contributed by atoms with Gasteiger partial charge in [-0.1, -0.05) is 12.8 Å². The number of hydrogen-bond acceptors (Lipinski definition) is 5. The predicted octanol–water partition coefficient (Wildman–Crippen LogP) is 1.75. The number of rotatable bonds is 4. The summed E-state index contributed by atoms with van der Waals surface area (Å²) in [5.41, 5.74) is 3.04. The van der Waals surface area contributed by atoms with Gasteiger partial charge in [0, 0.05) is 39.8 Å². The van der Waals surface area contributed by atoms with E-state index in [4.69, 9.17) is 20.1 Å². The highest BCUT2D eigenvalue weighted by Crippen LogP contribution is 2.45. The standard InChI is InChI=1S/C16H30N2O3/c1-19-16(7-10-20-11-8-16)14(18-17)13-4-9-21-15(12-13)5-2-3-6-15/h13-14,18H,2-12,17H2,1H3. The van der Waals surface area contributed by atoms with Gasteiger partial charge < -0.3 is 14.2 Å². The first-order valence-electron chi connectivity index (χ1n) is 8.47. The van der Waals surface area contributed by atoms with Crippen LogP contribution in [0.4, 0.5) is 0 Å². The van der Waals surface area contributed by atoms with Crippen molar-refractivity contribution in [3.63, 3.8) is 0 Å². The number of methoxy groups -OCH3 is 1. The molecule has 0 aromatic carbocycles. The summed E-state index contributed by atoms with van der Waals surface area (Å²) >= 11 is 0.